The Labute approximate surface area is 122 Å². The second-order valence-electron chi connectivity index (χ2n) is 4.34. The van der Waals surface area contributed by atoms with Gasteiger partial charge in [0, 0.05) is 18.8 Å². The molecule has 0 aliphatic heterocycles. The smallest absolute Gasteiger partial charge is 0.240 e. The number of hydrogen-bond donors (Lipinski definition) is 4. The minimum atomic E-state index is -1.44. The van der Waals surface area contributed by atoms with E-state index in [1.165, 1.54) is 0 Å². The zero-order valence-corrected chi connectivity index (χ0v) is 11.7. The number of carbonyl (C=O) groups excluding carboxylic acids is 3. The van der Waals surface area contributed by atoms with Gasteiger partial charge in [-0.3, -0.25) is 9.59 Å². The van der Waals surface area contributed by atoms with Gasteiger partial charge in [0.2, 0.25) is 11.8 Å². The molecule has 8 nitrogen and oxygen atoms in total. The van der Waals surface area contributed by atoms with E-state index >= 15 is 0 Å². The molecule has 1 aromatic rings. The number of carboxylic acid groups (broad SMARTS) is 1. The molecule has 8 heteroatoms. The number of carbonyl (C=O) groups is 3. The molecule has 2 atom stereocenters. The maximum absolute atomic E-state index is 11.6. The summed E-state index contributed by atoms with van der Waals surface area (Å²) in [4.78, 5) is 33.3. The number of rotatable bonds is 7. The van der Waals surface area contributed by atoms with Gasteiger partial charge in [-0.25, -0.2) is 0 Å². The van der Waals surface area contributed by atoms with Gasteiger partial charge in [-0.2, -0.15) is 0 Å². The van der Waals surface area contributed by atoms with E-state index in [0.717, 1.165) is 5.56 Å². The van der Waals surface area contributed by atoms with E-state index < -0.39 is 36.3 Å². The highest BCUT2D eigenvalue weighted by atomic mass is 16.4. The molecule has 0 radical (unpaired) electrons. The molecule has 21 heavy (non-hydrogen) atoms. The Morgan fingerprint density at radius 3 is 2.24 bits per heavy atom. The van der Waals surface area contributed by atoms with Crippen molar-refractivity contribution in [1.29, 1.82) is 0 Å². The normalized spacial score (nSPS) is 12.6. The Morgan fingerprint density at radius 1 is 1.19 bits per heavy atom. The monoisotopic (exact) mass is 296 g/mol. The van der Waals surface area contributed by atoms with Gasteiger partial charge in [0.15, 0.2) is 0 Å². The summed E-state index contributed by atoms with van der Waals surface area (Å²) in [6, 6.07) is 6.73. The van der Waals surface area contributed by atoms with Gasteiger partial charge in [0.25, 0.3) is 0 Å². The van der Waals surface area contributed by atoms with Gasteiger partial charge < -0.3 is 32.8 Å². The molecule has 0 spiro atoms. The summed E-state index contributed by atoms with van der Waals surface area (Å²) >= 11 is 0. The van der Waals surface area contributed by atoms with E-state index in [1.54, 1.807) is 24.3 Å². The van der Waals surface area contributed by atoms with Gasteiger partial charge in [0.05, 0.1) is 6.04 Å². The third-order valence-corrected chi connectivity index (χ3v) is 2.67. The van der Waals surface area contributed by atoms with Gasteiger partial charge in [-0.15, -0.1) is 0 Å². The summed E-state index contributed by atoms with van der Waals surface area (Å²) in [5, 5.41) is 12.7. The number of aliphatic carboxylic acids is 1. The van der Waals surface area contributed by atoms with Crippen LogP contribution in [-0.2, 0) is 20.8 Å². The molecule has 0 fully saturated rings. The number of primary amides is 1. The van der Waals surface area contributed by atoms with E-state index in [0.29, 0.717) is 0 Å². The van der Waals surface area contributed by atoms with Crippen molar-refractivity contribution >= 4 is 17.8 Å². The zero-order chi connectivity index (χ0) is 15.1. The highest BCUT2D eigenvalue weighted by Crippen LogP contribution is 2.03. The fourth-order valence-corrected chi connectivity index (χ4v) is 1.62. The fraction of sp³-hybridized carbons (Fsp3) is 0.308. The summed E-state index contributed by atoms with van der Waals surface area (Å²) in [6.45, 7) is 0. The molecule has 1 rings (SSSR count). The van der Waals surface area contributed by atoms with E-state index in [2.05, 4.69) is 5.32 Å². The van der Waals surface area contributed by atoms with Crippen LogP contribution in [0.3, 0.4) is 0 Å². The number of benzene rings is 1. The molecule has 1 aromatic carbocycles. The maximum Gasteiger partial charge on any atom is 0.240 e. The van der Waals surface area contributed by atoms with Gasteiger partial charge in [0.1, 0.15) is 6.04 Å². The lowest BCUT2D eigenvalue weighted by molar-refractivity contribution is -0.305. The van der Waals surface area contributed by atoms with Crippen LogP contribution >= 0.6 is 0 Å². The quantitative estimate of drug-likeness (QED) is 0.456. The molecule has 0 saturated heterocycles. The van der Waals surface area contributed by atoms with Crippen LogP contribution in [0, 0.1) is 0 Å². The molecule has 116 valence electrons. The van der Waals surface area contributed by atoms with Crippen LogP contribution in [-0.4, -0.2) is 29.9 Å². The van der Waals surface area contributed by atoms with Crippen molar-refractivity contribution < 1.29 is 19.5 Å². The minimum absolute atomic E-state index is 0. The first-order valence-corrected chi connectivity index (χ1v) is 5.99. The summed E-state index contributed by atoms with van der Waals surface area (Å²) in [5.74, 6) is -2.91. The Kier molecular flexibility index (Phi) is 7.66. The number of nitrogens with two attached hydrogens (primary N) is 2. The SMILES string of the molecule is NC(=O)C(Cc1ccccc1)NC(=O)C(N)CC(=O)[O-].[NH4+]. The van der Waals surface area contributed by atoms with Crippen LogP contribution in [0.15, 0.2) is 30.3 Å². The van der Waals surface area contributed by atoms with Crippen molar-refractivity contribution in [3.63, 3.8) is 0 Å². The van der Waals surface area contributed by atoms with Crippen molar-refractivity contribution in [3.8, 4) is 0 Å². The molecule has 9 N–H and O–H groups in total. The molecule has 0 heterocycles. The lowest BCUT2D eigenvalue weighted by Gasteiger charge is -2.19. The van der Waals surface area contributed by atoms with E-state index in [-0.39, 0.29) is 12.6 Å². The Bertz CT molecular complexity index is 492. The summed E-state index contributed by atoms with van der Waals surface area (Å²) in [7, 11) is 0. The summed E-state index contributed by atoms with van der Waals surface area (Å²) in [6.07, 6.45) is -0.414. The molecular formula is C13H20N4O4. The van der Waals surface area contributed by atoms with Crippen molar-refractivity contribution in [2.24, 2.45) is 11.5 Å². The Hall–Kier alpha value is -2.45. The average Bonchev–Trinajstić information content (AvgIpc) is 2.38. The maximum atomic E-state index is 11.6. The van der Waals surface area contributed by atoms with Crippen LogP contribution in [0.25, 0.3) is 0 Å². The fourth-order valence-electron chi connectivity index (χ4n) is 1.62. The van der Waals surface area contributed by atoms with E-state index in [1.807, 2.05) is 6.07 Å². The number of hydrogen-bond acceptors (Lipinski definition) is 5. The minimum Gasteiger partial charge on any atom is -0.550 e. The molecule has 0 saturated carbocycles. The molecular weight excluding hydrogens is 276 g/mol. The molecule has 0 aliphatic rings. The number of carboxylic acids is 1. The predicted molar refractivity (Wildman–Crippen MR) is 74.9 cm³/mol. The first kappa shape index (κ1) is 18.6. The lowest BCUT2D eigenvalue weighted by atomic mass is 10.0. The molecule has 0 bridgehead atoms. The van der Waals surface area contributed by atoms with E-state index in [9.17, 15) is 19.5 Å². The van der Waals surface area contributed by atoms with Crippen LogP contribution in [0.2, 0.25) is 0 Å². The number of nitrogens with one attached hydrogen (secondary N) is 1. The van der Waals surface area contributed by atoms with Crippen LogP contribution in [0.5, 0.6) is 0 Å². The summed E-state index contributed by atoms with van der Waals surface area (Å²) in [5.41, 5.74) is 11.4. The van der Waals surface area contributed by atoms with Gasteiger partial charge in [-0.1, -0.05) is 30.3 Å². The number of quaternary nitrogens is 1. The first-order valence-electron chi connectivity index (χ1n) is 5.99. The Morgan fingerprint density at radius 2 is 1.76 bits per heavy atom. The van der Waals surface area contributed by atoms with Crippen molar-refractivity contribution in [3.05, 3.63) is 35.9 Å². The van der Waals surface area contributed by atoms with Crippen molar-refractivity contribution in [2.75, 3.05) is 0 Å². The summed E-state index contributed by atoms with van der Waals surface area (Å²) < 4.78 is 0. The van der Waals surface area contributed by atoms with Crippen molar-refractivity contribution in [1.82, 2.24) is 11.5 Å². The van der Waals surface area contributed by atoms with E-state index in [4.69, 9.17) is 11.5 Å². The largest absolute Gasteiger partial charge is 0.550 e. The Balaban J connectivity index is 0.00000400. The highest BCUT2D eigenvalue weighted by Gasteiger charge is 2.22. The second-order valence-corrected chi connectivity index (χ2v) is 4.34. The standard InChI is InChI=1S/C13H17N3O4.H3N/c14-9(7-11(17)18)13(20)16-10(12(15)19)6-8-4-2-1-3-5-8;/h1-5,9-10H,6-7,14H2,(H2,15,19)(H,16,20)(H,17,18);1H3. The van der Waals surface area contributed by atoms with Gasteiger partial charge in [-0.05, 0) is 5.56 Å². The topological polar surface area (TPSA) is 175 Å². The second kappa shape index (κ2) is 8.67. The number of amides is 2. The zero-order valence-electron chi connectivity index (χ0n) is 11.7. The van der Waals surface area contributed by atoms with Crippen LogP contribution in [0.1, 0.15) is 12.0 Å². The molecule has 0 aromatic heterocycles. The first-order chi connectivity index (χ1) is 9.40. The molecule has 2 amide bonds. The highest BCUT2D eigenvalue weighted by molar-refractivity contribution is 5.90. The predicted octanol–water partition coefficient (Wildman–Crippen LogP) is -1.96. The lowest BCUT2D eigenvalue weighted by Crippen LogP contribution is -2.52. The van der Waals surface area contributed by atoms with Crippen LogP contribution in [0.4, 0.5) is 0 Å². The van der Waals surface area contributed by atoms with Gasteiger partial charge >= 0.3 is 0 Å². The average molecular weight is 296 g/mol. The molecule has 0 aliphatic carbocycles. The van der Waals surface area contributed by atoms with Crippen LogP contribution < -0.4 is 28.0 Å². The third kappa shape index (κ3) is 6.50. The molecule has 2 unspecified atom stereocenters. The third-order valence-electron chi connectivity index (χ3n) is 2.67. The van der Waals surface area contributed by atoms with Crippen molar-refractivity contribution in [2.45, 2.75) is 24.9 Å².